The summed E-state index contributed by atoms with van der Waals surface area (Å²) >= 11 is 6.81. The van der Waals surface area contributed by atoms with E-state index < -0.39 is 11.7 Å². The Labute approximate surface area is 171 Å². The minimum atomic E-state index is -4.57. The second-order valence-electron chi connectivity index (χ2n) is 5.95. The van der Waals surface area contributed by atoms with Gasteiger partial charge in [-0.05, 0) is 18.2 Å². The summed E-state index contributed by atoms with van der Waals surface area (Å²) in [5, 5.41) is 10.2. The fraction of sp³-hybridized carbons (Fsp3) is 0.235. The Hall–Kier alpha value is -2.66. The quantitative estimate of drug-likeness (QED) is 0.615. The van der Waals surface area contributed by atoms with Crippen molar-refractivity contribution in [1.82, 2.24) is 14.6 Å². The number of carbonyl (C=O) groups is 1. The monoisotopic (exact) mass is 444 g/mol. The van der Waals surface area contributed by atoms with Gasteiger partial charge in [0.05, 0.1) is 16.3 Å². The van der Waals surface area contributed by atoms with Gasteiger partial charge in [0.1, 0.15) is 13.2 Å². The smallest absolute Gasteiger partial charge is 0.417 e. The number of amides is 1. The molecule has 0 atom stereocenters. The Morgan fingerprint density at radius 1 is 1.21 bits per heavy atom. The van der Waals surface area contributed by atoms with Crippen LogP contribution in [-0.2, 0) is 11.0 Å². The number of fused-ring (bicyclic) bond motifs is 2. The van der Waals surface area contributed by atoms with Crippen molar-refractivity contribution in [3.63, 3.8) is 0 Å². The van der Waals surface area contributed by atoms with Crippen LogP contribution in [0.15, 0.2) is 35.6 Å². The standard InChI is InChI=1S/C17H12ClF3N4O3S/c18-11-5-9(17(19,20)21)7-25-15(11)23-24-16(25)29-8-14(26)22-10-1-2-12-13(6-10)28-4-3-27-12/h1-2,5-7H,3-4,8H2,(H,22,26). The Bertz CT molecular complexity index is 1090. The van der Waals surface area contributed by atoms with Gasteiger partial charge in [-0.3, -0.25) is 9.20 Å². The first-order chi connectivity index (χ1) is 13.8. The van der Waals surface area contributed by atoms with E-state index in [-0.39, 0.29) is 27.5 Å². The molecule has 0 fully saturated rings. The van der Waals surface area contributed by atoms with Gasteiger partial charge in [-0.15, -0.1) is 10.2 Å². The Morgan fingerprint density at radius 3 is 2.72 bits per heavy atom. The summed E-state index contributed by atoms with van der Waals surface area (Å²) in [4.78, 5) is 12.2. The molecular weight excluding hydrogens is 433 g/mol. The second-order valence-corrected chi connectivity index (χ2v) is 7.30. The molecule has 0 saturated heterocycles. The maximum atomic E-state index is 13.0. The molecule has 7 nitrogen and oxygen atoms in total. The van der Waals surface area contributed by atoms with E-state index in [0.717, 1.165) is 28.4 Å². The molecule has 4 rings (SSSR count). The lowest BCUT2D eigenvalue weighted by Gasteiger charge is -2.18. The zero-order valence-electron chi connectivity index (χ0n) is 14.5. The van der Waals surface area contributed by atoms with Gasteiger partial charge in [-0.25, -0.2) is 0 Å². The summed E-state index contributed by atoms with van der Waals surface area (Å²) in [6.45, 7) is 0.879. The number of aromatic nitrogens is 3. The van der Waals surface area contributed by atoms with Crippen LogP contribution < -0.4 is 14.8 Å². The van der Waals surface area contributed by atoms with Gasteiger partial charge in [0.15, 0.2) is 22.3 Å². The van der Waals surface area contributed by atoms with Gasteiger partial charge in [0.2, 0.25) is 5.91 Å². The minimum absolute atomic E-state index is 0.0782. The first-order valence-electron chi connectivity index (χ1n) is 8.25. The van der Waals surface area contributed by atoms with Crippen LogP contribution in [0.5, 0.6) is 11.5 Å². The van der Waals surface area contributed by atoms with E-state index in [1.807, 2.05) is 0 Å². The minimum Gasteiger partial charge on any atom is -0.486 e. The van der Waals surface area contributed by atoms with Crippen molar-refractivity contribution in [3.8, 4) is 11.5 Å². The van der Waals surface area contributed by atoms with E-state index in [4.69, 9.17) is 21.1 Å². The van der Waals surface area contributed by atoms with Crippen LogP contribution in [0.2, 0.25) is 5.02 Å². The zero-order chi connectivity index (χ0) is 20.6. The van der Waals surface area contributed by atoms with Gasteiger partial charge in [0, 0.05) is 18.0 Å². The fourth-order valence-corrected chi connectivity index (χ4v) is 3.59. The Kier molecular flexibility index (Phi) is 5.17. The summed E-state index contributed by atoms with van der Waals surface area (Å²) in [7, 11) is 0. The molecule has 12 heteroatoms. The number of alkyl halides is 3. The highest BCUT2D eigenvalue weighted by Gasteiger charge is 2.32. The number of benzene rings is 1. The molecule has 0 radical (unpaired) electrons. The number of hydrogen-bond donors (Lipinski definition) is 1. The SMILES string of the molecule is O=C(CSc1nnc2c(Cl)cc(C(F)(F)F)cn12)Nc1ccc2c(c1)OCCO2. The molecule has 0 aliphatic carbocycles. The lowest BCUT2D eigenvalue weighted by molar-refractivity contribution is -0.137. The molecule has 29 heavy (non-hydrogen) atoms. The Morgan fingerprint density at radius 2 is 1.97 bits per heavy atom. The van der Waals surface area contributed by atoms with Gasteiger partial charge < -0.3 is 14.8 Å². The molecule has 1 aliphatic rings. The Balaban J connectivity index is 1.47. The highest BCUT2D eigenvalue weighted by Crippen LogP contribution is 2.34. The molecule has 3 aromatic rings. The number of hydrogen-bond acceptors (Lipinski definition) is 6. The largest absolute Gasteiger partial charge is 0.486 e. The molecule has 1 N–H and O–H groups in total. The summed E-state index contributed by atoms with van der Waals surface area (Å²) in [6, 6.07) is 5.77. The van der Waals surface area contributed by atoms with Crippen LogP contribution in [0, 0.1) is 0 Å². The molecule has 1 amide bonds. The van der Waals surface area contributed by atoms with E-state index in [1.165, 1.54) is 0 Å². The highest BCUT2D eigenvalue weighted by atomic mass is 35.5. The number of thioether (sulfide) groups is 1. The summed E-state index contributed by atoms with van der Waals surface area (Å²) in [5.74, 6) is 0.653. The fourth-order valence-electron chi connectivity index (χ4n) is 2.64. The van der Waals surface area contributed by atoms with Crippen LogP contribution >= 0.6 is 23.4 Å². The molecule has 2 aromatic heterocycles. The first kappa shape index (κ1) is 19.6. The molecule has 3 heterocycles. The van der Waals surface area contributed by atoms with Crippen molar-refractivity contribution in [2.24, 2.45) is 0 Å². The first-order valence-corrected chi connectivity index (χ1v) is 9.61. The zero-order valence-corrected chi connectivity index (χ0v) is 16.1. The summed E-state index contributed by atoms with van der Waals surface area (Å²) < 4.78 is 51.0. The third kappa shape index (κ3) is 4.20. The van der Waals surface area contributed by atoms with Crippen molar-refractivity contribution in [2.45, 2.75) is 11.3 Å². The maximum absolute atomic E-state index is 13.0. The molecule has 0 unspecified atom stereocenters. The molecular formula is C17H12ClF3N4O3S. The number of carbonyl (C=O) groups excluding carboxylic acids is 1. The number of rotatable bonds is 4. The van der Waals surface area contributed by atoms with Crippen molar-refractivity contribution >= 4 is 40.6 Å². The maximum Gasteiger partial charge on any atom is 0.417 e. The van der Waals surface area contributed by atoms with E-state index in [2.05, 4.69) is 15.5 Å². The average Bonchev–Trinajstić information content (AvgIpc) is 3.09. The highest BCUT2D eigenvalue weighted by molar-refractivity contribution is 7.99. The third-order valence-corrected chi connectivity index (χ3v) is 5.14. The number of pyridine rings is 1. The summed E-state index contributed by atoms with van der Waals surface area (Å²) in [6.07, 6.45) is -3.72. The molecule has 1 aromatic carbocycles. The van der Waals surface area contributed by atoms with Crippen LogP contribution in [0.1, 0.15) is 5.56 Å². The lowest BCUT2D eigenvalue weighted by atomic mass is 10.2. The predicted molar refractivity (Wildman–Crippen MR) is 99.8 cm³/mol. The molecule has 152 valence electrons. The lowest BCUT2D eigenvalue weighted by Crippen LogP contribution is -2.17. The second kappa shape index (κ2) is 7.64. The predicted octanol–water partition coefficient (Wildman–Crippen LogP) is 3.90. The number of ether oxygens (including phenoxy) is 2. The third-order valence-electron chi connectivity index (χ3n) is 3.91. The molecule has 1 aliphatic heterocycles. The van der Waals surface area contributed by atoms with Crippen LogP contribution in [0.4, 0.5) is 18.9 Å². The van der Waals surface area contributed by atoms with Crippen molar-refractivity contribution < 1.29 is 27.4 Å². The summed E-state index contributed by atoms with van der Waals surface area (Å²) in [5.41, 5.74) is -0.347. The average molecular weight is 445 g/mol. The van der Waals surface area contributed by atoms with Gasteiger partial charge in [-0.1, -0.05) is 23.4 Å². The van der Waals surface area contributed by atoms with Crippen molar-refractivity contribution in [1.29, 1.82) is 0 Å². The van der Waals surface area contributed by atoms with Gasteiger partial charge in [-0.2, -0.15) is 13.2 Å². The van der Waals surface area contributed by atoms with Gasteiger partial charge >= 0.3 is 6.18 Å². The topological polar surface area (TPSA) is 77.8 Å². The molecule has 0 bridgehead atoms. The normalized spacial score (nSPS) is 13.5. The van der Waals surface area contributed by atoms with Crippen LogP contribution in [0.25, 0.3) is 5.65 Å². The number of nitrogens with one attached hydrogen (secondary N) is 1. The van der Waals surface area contributed by atoms with E-state index >= 15 is 0 Å². The van der Waals surface area contributed by atoms with Gasteiger partial charge in [0.25, 0.3) is 0 Å². The van der Waals surface area contributed by atoms with Crippen LogP contribution in [0.3, 0.4) is 0 Å². The number of nitrogens with zero attached hydrogens (tertiary/aromatic N) is 3. The molecule has 0 saturated carbocycles. The van der Waals surface area contributed by atoms with Crippen molar-refractivity contribution in [2.75, 3.05) is 24.3 Å². The van der Waals surface area contributed by atoms with Crippen LogP contribution in [-0.4, -0.2) is 39.5 Å². The van der Waals surface area contributed by atoms with E-state index in [1.54, 1.807) is 18.2 Å². The van der Waals surface area contributed by atoms with Crippen molar-refractivity contribution in [3.05, 3.63) is 41.0 Å². The van der Waals surface area contributed by atoms with E-state index in [0.29, 0.717) is 30.4 Å². The number of anilines is 1. The number of halogens is 4. The molecule has 0 spiro atoms. The van der Waals surface area contributed by atoms with E-state index in [9.17, 15) is 18.0 Å².